The van der Waals surface area contributed by atoms with Crippen molar-refractivity contribution in [1.29, 1.82) is 0 Å². The van der Waals surface area contributed by atoms with Crippen LogP contribution in [0.2, 0.25) is 0 Å². The second kappa shape index (κ2) is 7.50. The predicted octanol–water partition coefficient (Wildman–Crippen LogP) is 3.38. The van der Waals surface area contributed by atoms with Gasteiger partial charge >= 0.3 is 0 Å². The van der Waals surface area contributed by atoms with Crippen molar-refractivity contribution in [2.45, 2.75) is 6.92 Å². The Morgan fingerprint density at radius 3 is 2.33 bits per heavy atom. The minimum atomic E-state index is -0.186. The minimum Gasteiger partial charge on any atom is -0.497 e. The summed E-state index contributed by atoms with van der Waals surface area (Å²) in [6.45, 7) is 1.49. The number of amides is 2. The van der Waals surface area contributed by atoms with Crippen molar-refractivity contribution < 1.29 is 14.3 Å². The molecule has 138 valence electrons. The zero-order chi connectivity index (χ0) is 19.6. The number of hydrogen-bond acceptors (Lipinski definition) is 3. The molecule has 2 aromatic rings. The molecule has 2 amide bonds. The molecule has 0 bridgehead atoms. The second-order valence-corrected chi connectivity index (χ2v) is 6.47. The third-order valence-electron chi connectivity index (χ3n) is 4.44. The van der Waals surface area contributed by atoms with Gasteiger partial charge in [0.1, 0.15) is 5.75 Å². The molecule has 1 aliphatic heterocycles. The molecule has 5 heteroatoms. The fourth-order valence-corrected chi connectivity index (χ4v) is 3.00. The number of fused-ring (bicyclic) bond motifs is 1. The van der Waals surface area contributed by atoms with Gasteiger partial charge < -0.3 is 9.64 Å². The summed E-state index contributed by atoms with van der Waals surface area (Å²) >= 11 is 0. The van der Waals surface area contributed by atoms with Crippen LogP contribution >= 0.6 is 0 Å². The van der Waals surface area contributed by atoms with Crippen LogP contribution in [0.5, 0.6) is 5.75 Å². The molecule has 0 unspecified atom stereocenters. The SMILES string of the molecule is COc1ccc2c(c1)C(c1ccccc1)=CN(C(C)=O)/C2=C\C(=O)N(C)C. The highest BCUT2D eigenvalue weighted by Crippen LogP contribution is 2.39. The smallest absolute Gasteiger partial charge is 0.248 e. The number of nitrogens with zero attached hydrogens (tertiary/aromatic N) is 2. The molecule has 27 heavy (non-hydrogen) atoms. The standard InChI is InChI=1S/C22H22N2O3/c1-15(25)24-14-20(16-8-6-5-7-9-16)19-12-17(27-4)10-11-18(19)21(24)13-22(26)23(2)3/h5-14H,1-4H3/b21-13-. The summed E-state index contributed by atoms with van der Waals surface area (Å²) in [5.74, 6) is 0.363. The summed E-state index contributed by atoms with van der Waals surface area (Å²) in [5.41, 5.74) is 4.15. The number of benzene rings is 2. The Balaban J connectivity index is 2.27. The van der Waals surface area contributed by atoms with Crippen molar-refractivity contribution in [3.8, 4) is 5.75 Å². The normalized spacial score (nSPS) is 14.4. The molecule has 0 aromatic heterocycles. The zero-order valence-electron chi connectivity index (χ0n) is 15.9. The van der Waals surface area contributed by atoms with E-state index in [0.29, 0.717) is 11.4 Å². The molecule has 2 aromatic carbocycles. The highest BCUT2D eigenvalue weighted by molar-refractivity contribution is 6.03. The Morgan fingerprint density at radius 1 is 1.04 bits per heavy atom. The van der Waals surface area contributed by atoms with Gasteiger partial charge in [-0.15, -0.1) is 0 Å². The molecule has 1 aliphatic rings. The van der Waals surface area contributed by atoms with Crippen LogP contribution in [0.1, 0.15) is 23.6 Å². The summed E-state index contributed by atoms with van der Waals surface area (Å²) in [7, 11) is 4.98. The number of hydrogen-bond donors (Lipinski definition) is 0. The summed E-state index contributed by atoms with van der Waals surface area (Å²) in [6.07, 6.45) is 3.28. The Bertz CT molecular complexity index is 943. The molecule has 0 N–H and O–H groups in total. The molecule has 0 spiro atoms. The van der Waals surface area contributed by atoms with Gasteiger partial charge in [0, 0.05) is 44.4 Å². The zero-order valence-corrected chi connectivity index (χ0v) is 15.9. The van der Waals surface area contributed by atoms with E-state index in [2.05, 4.69) is 0 Å². The van der Waals surface area contributed by atoms with Gasteiger partial charge in [-0.1, -0.05) is 30.3 Å². The number of rotatable bonds is 3. The van der Waals surface area contributed by atoms with Crippen molar-refractivity contribution in [1.82, 2.24) is 9.80 Å². The largest absolute Gasteiger partial charge is 0.497 e. The van der Waals surface area contributed by atoms with Gasteiger partial charge in [-0.2, -0.15) is 0 Å². The average Bonchev–Trinajstić information content (AvgIpc) is 2.67. The molecule has 5 nitrogen and oxygen atoms in total. The van der Waals surface area contributed by atoms with E-state index >= 15 is 0 Å². The van der Waals surface area contributed by atoms with Crippen LogP contribution in [0.4, 0.5) is 0 Å². The van der Waals surface area contributed by atoms with Crippen LogP contribution in [-0.4, -0.2) is 42.8 Å². The van der Waals surface area contributed by atoms with Gasteiger partial charge in [0.2, 0.25) is 11.8 Å². The average molecular weight is 362 g/mol. The lowest BCUT2D eigenvalue weighted by molar-refractivity contribution is -0.123. The summed E-state index contributed by atoms with van der Waals surface area (Å²) < 4.78 is 5.39. The van der Waals surface area contributed by atoms with E-state index in [1.165, 1.54) is 22.8 Å². The first kappa shape index (κ1) is 18.5. The lowest BCUT2D eigenvalue weighted by atomic mass is 9.89. The highest BCUT2D eigenvalue weighted by Gasteiger charge is 2.27. The Morgan fingerprint density at radius 2 is 1.74 bits per heavy atom. The minimum absolute atomic E-state index is 0.164. The van der Waals surface area contributed by atoms with E-state index in [0.717, 1.165) is 22.3 Å². The van der Waals surface area contributed by atoms with Crippen LogP contribution in [0, 0.1) is 0 Å². The summed E-state index contributed by atoms with van der Waals surface area (Å²) in [6, 6.07) is 15.5. The third-order valence-corrected chi connectivity index (χ3v) is 4.44. The highest BCUT2D eigenvalue weighted by atomic mass is 16.5. The van der Waals surface area contributed by atoms with Gasteiger partial charge in [-0.3, -0.25) is 14.5 Å². The Hall–Kier alpha value is -3.34. The van der Waals surface area contributed by atoms with E-state index in [1.54, 1.807) is 27.4 Å². The molecule has 0 saturated heterocycles. The Kier molecular flexibility index (Phi) is 5.12. The number of likely N-dealkylation sites (N-methyl/N-ethyl adjacent to an activating group) is 1. The van der Waals surface area contributed by atoms with E-state index in [4.69, 9.17) is 4.74 Å². The molecular weight excluding hydrogens is 340 g/mol. The van der Waals surface area contributed by atoms with E-state index < -0.39 is 0 Å². The maximum absolute atomic E-state index is 12.4. The quantitative estimate of drug-likeness (QED) is 0.787. The van der Waals surface area contributed by atoms with E-state index in [9.17, 15) is 9.59 Å². The van der Waals surface area contributed by atoms with Crippen molar-refractivity contribution >= 4 is 23.1 Å². The first-order valence-corrected chi connectivity index (χ1v) is 8.61. The van der Waals surface area contributed by atoms with Gasteiger partial charge in [-0.05, 0) is 29.3 Å². The maximum Gasteiger partial charge on any atom is 0.248 e. The molecule has 0 atom stereocenters. The lowest BCUT2D eigenvalue weighted by Crippen LogP contribution is -2.28. The number of carbonyl (C=O) groups is 2. The van der Waals surface area contributed by atoms with Gasteiger partial charge in [0.05, 0.1) is 12.8 Å². The van der Waals surface area contributed by atoms with Crippen molar-refractivity contribution in [3.05, 3.63) is 77.5 Å². The van der Waals surface area contributed by atoms with Crippen molar-refractivity contribution in [3.63, 3.8) is 0 Å². The topological polar surface area (TPSA) is 49.9 Å². The summed E-state index contributed by atoms with van der Waals surface area (Å²) in [4.78, 5) is 27.7. The molecule has 0 radical (unpaired) electrons. The molecule has 1 heterocycles. The number of methoxy groups -OCH3 is 1. The van der Waals surface area contributed by atoms with Crippen LogP contribution in [0.15, 0.2) is 60.8 Å². The maximum atomic E-state index is 12.4. The van der Waals surface area contributed by atoms with Crippen molar-refractivity contribution in [2.75, 3.05) is 21.2 Å². The van der Waals surface area contributed by atoms with Gasteiger partial charge in [0.25, 0.3) is 0 Å². The number of ether oxygens (including phenoxy) is 1. The first-order chi connectivity index (χ1) is 12.9. The van der Waals surface area contributed by atoms with Gasteiger partial charge in [-0.25, -0.2) is 0 Å². The van der Waals surface area contributed by atoms with E-state index in [-0.39, 0.29) is 11.8 Å². The monoisotopic (exact) mass is 362 g/mol. The van der Waals surface area contributed by atoms with Crippen LogP contribution in [0.25, 0.3) is 11.3 Å². The molecular formula is C22H22N2O3. The molecule has 3 rings (SSSR count). The predicted molar refractivity (Wildman–Crippen MR) is 106 cm³/mol. The van der Waals surface area contributed by atoms with Crippen molar-refractivity contribution in [2.24, 2.45) is 0 Å². The Labute approximate surface area is 159 Å². The molecule has 0 fully saturated rings. The van der Waals surface area contributed by atoms with Crippen LogP contribution in [-0.2, 0) is 9.59 Å². The molecule has 0 aliphatic carbocycles. The fourth-order valence-electron chi connectivity index (χ4n) is 3.00. The van der Waals surface area contributed by atoms with Crippen LogP contribution < -0.4 is 4.74 Å². The fraction of sp³-hybridized carbons (Fsp3) is 0.182. The van der Waals surface area contributed by atoms with Gasteiger partial charge in [0.15, 0.2) is 0 Å². The number of carbonyl (C=O) groups excluding carboxylic acids is 2. The molecule has 0 saturated carbocycles. The lowest BCUT2D eigenvalue weighted by Gasteiger charge is -2.30. The first-order valence-electron chi connectivity index (χ1n) is 8.61. The summed E-state index contributed by atoms with van der Waals surface area (Å²) in [5, 5.41) is 0. The second-order valence-electron chi connectivity index (χ2n) is 6.47. The van der Waals surface area contributed by atoms with E-state index in [1.807, 2.05) is 48.5 Å². The third kappa shape index (κ3) is 3.62. The van der Waals surface area contributed by atoms with Crippen LogP contribution in [0.3, 0.4) is 0 Å².